The third-order valence-electron chi connectivity index (χ3n) is 12.9. The van der Waals surface area contributed by atoms with Gasteiger partial charge in [0.1, 0.15) is 11.2 Å². The lowest BCUT2D eigenvalue weighted by Crippen LogP contribution is -2.22. The molecule has 2 nitrogen and oxygen atoms in total. The van der Waals surface area contributed by atoms with Gasteiger partial charge in [-0.3, -0.25) is 0 Å². The average molecular weight is 736 g/mol. The maximum atomic E-state index is 7.09. The third-order valence-corrected chi connectivity index (χ3v) is 14.1. The molecule has 0 saturated carbocycles. The molecule has 0 atom stereocenters. The van der Waals surface area contributed by atoms with Crippen molar-refractivity contribution in [1.29, 1.82) is 0 Å². The van der Waals surface area contributed by atoms with Crippen molar-refractivity contribution in [1.82, 2.24) is 0 Å². The van der Waals surface area contributed by atoms with Crippen LogP contribution < -0.4 is 4.90 Å². The highest BCUT2D eigenvalue weighted by Gasteiger charge is 2.42. The molecule has 266 valence electrons. The van der Waals surface area contributed by atoms with Crippen LogP contribution in [0, 0.1) is 0 Å². The van der Waals surface area contributed by atoms with Gasteiger partial charge in [0.05, 0.1) is 0 Å². The highest BCUT2D eigenvalue weighted by atomic mass is 32.1. The zero-order chi connectivity index (χ0) is 37.3. The Hall–Kier alpha value is -6.42. The molecule has 56 heavy (non-hydrogen) atoms. The molecule has 3 heteroatoms. The number of nitrogens with zero attached hydrogens (tertiary/aromatic N) is 1. The minimum Gasteiger partial charge on any atom is -0.456 e. The predicted octanol–water partition coefficient (Wildman–Crippen LogP) is 15.1. The smallest absolute Gasteiger partial charge is 0.139 e. The second kappa shape index (κ2) is 11.3. The van der Waals surface area contributed by atoms with Gasteiger partial charge in [-0.15, -0.1) is 11.3 Å². The number of anilines is 3. The summed E-state index contributed by atoms with van der Waals surface area (Å²) in [5.74, 6) is 0. The number of benzene rings is 8. The van der Waals surface area contributed by atoms with Crippen LogP contribution in [0.25, 0.3) is 64.4 Å². The highest BCUT2D eigenvalue weighted by Crippen LogP contribution is 2.55. The van der Waals surface area contributed by atoms with Crippen molar-refractivity contribution in [2.75, 3.05) is 4.90 Å². The van der Waals surface area contributed by atoms with E-state index in [1.807, 2.05) is 11.3 Å². The standard InChI is InChI=1S/C53H37NOS/c1-52(2)43-18-8-4-13-35(43)38-26-23-32(29-47(38)52)54(34-25-28-41-40-16-7-11-22-49(40)56-50(41)31-34)33-24-27-39-42-17-12-21-46(51(42)55-48(39)30-33)53(3)44-19-9-5-14-36(44)37-15-6-10-20-45(37)53/h4-31H,1-3H3. The number of hydrogen-bond donors (Lipinski definition) is 0. The fraction of sp³-hybridized carbons (Fsp3) is 0.0943. The summed E-state index contributed by atoms with van der Waals surface area (Å²) in [7, 11) is 0. The van der Waals surface area contributed by atoms with E-state index in [-0.39, 0.29) is 10.8 Å². The van der Waals surface area contributed by atoms with Gasteiger partial charge >= 0.3 is 0 Å². The summed E-state index contributed by atoms with van der Waals surface area (Å²) in [4.78, 5) is 2.42. The van der Waals surface area contributed by atoms with Gasteiger partial charge in [0.25, 0.3) is 0 Å². The maximum Gasteiger partial charge on any atom is 0.139 e. The number of rotatable bonds is 4. The third kappa shape index (κ3) is 4.21. The van der Waals surface area contributed by atoms with Gasteiger partial charge in [-0.2, -0.15) is 0 Å². The largest absolute Gasteiger partial charge is 0.456 e. The summed E-state index contributed by atoms with van der Waals surface area (Å²) in [5, 5.41) is 4.87. The van der Waals surface area contributed by atoms with E-state index in [1.54, 1.807) is 0 Å². The summed E-state index contributed by atoms with van der Waals surface area (Å²) in [6.07, 6.45) is 0. The molecule has 0 amide bonds. The molecule has 0 N–H and O–H groups in total. The SMILES string of the molecule is CC1(C)c2ccccc2-c2ccc(N(c3ccc4c(c3)oc3c(C5(C)c6ccccc6-c6ccccc65)cccc34)c3ccc4c(c3)sc3ccccc34)cc21. The molecule has 0 aliphatic heterocycles. The van der Waals surface area contributed by atoms with Gasteiger partial charge in [0.15, 0.2) is 0 Å². The molecule has 0 spiro atoms. The zero-order valence-corrected chi connectivity index (χ0v) is 32.2. The summed E-state index contributed by atoms with van der Waals surface area (Å²) in [5.41, 5.74) is 16.5. The molecule has 0 radical (unpaired) electrons. The van der Waals surface area contributed by atoms with Gasteiger partial charge in [0.2, 0.25) is 0 Å². The second-order valence-electron chi connectivity index (χ2n) is 16.2. The van der Waals surface area contributed by atoms with E-state index in [2.05, 4.69) is 196 Å². The van der Waals surface area contributed by atoms with Crippen LogP contribution in [-0.4, -0.2) is 0 Å². The summed E-state index contributed by atoms with van der Waals surface area (Å²) in [6, 6.07) is 62.8. The lowest BCUT2D eigenvalue weighted by atomic mass is 9.74. The molecular weight excluding hydrogens is 699 g/mol. The van der Waals surface area contributed by atoms with E-state index < -0.39 is 0 Å². The van der Waals surface area contributed by atoms with Gasteiger partial charge in [-0.1, -0.05) is 135 Å². The Balaban J connectivity index is 1.06. The van der Waals surface area contributed by atoms with E-state index in [0.29, 0.717) is 0 Å². The van der Waals surface area contributed by atoms with Gasteiger partial charge in [-0.05, 0) is 93.9 Å². The van der Waals surface area contributed by atoms with Gasteiger partial charge in [0, 0.05) is 70.5 Å². The Morgan fingerprint density at radius 1 is 0.411 bits per heavy atom. The Labute approximate surface area is 329 Å². The molecule has 8 aromatic carbocycles. The van der Waals surface area contributed by atoms with Crippen LogP contribution in [0.3, 0.4) is 0 Å². The fourth-order valence-corrected chi connectivity index (χ4v) is 11.3. The number of thiophene rings is 1. The van der Waals surface area contributed by atoms with E-state index in [4.69, 9.17) is 4.42 Å². The molecule has 0 fully saturated rings. The number of hydrogen-bond acceptors (Lipinski definition) is 3. The van der Waals surface area contributed by atoms with Crippen molar-refractivity contribution < 1.29 is 4.42 Å². The zero-order valence-electron chi connectivity index (χ0n) is 31.4. The summed E-state index contributed by atoms with van der Waals surface area (Å²) < 4.78 is 9.68. The van der Waals surface area contributed by atoms with Crippen LogP contribution in [0.2, 0.25) is 0 Å². The molecule has 10 aromatic rings. The molecule has 0 bridgehead atoms. The van der Waals surface area contributed by atoms with Crippen molar-refractivity contribution in [2.45, 2.75) is 31.6 Å². The molecule has 2 heterocycles. The molecule has 0 unspecified atom stereocenters. The molecule has 12 rings (SSSR count). The van der Waals surface area contributed by atoms with Crippen molar-refractivity contribution in [3.8, 4) is 22.3 Å². The Morgan fingerprint density at radius 3 is 1.71 bits per heavy atom. The second-order valence-corrected chi connectivity index (χ2v) is 17.3. The Morgan fingerprint density at radius 2 is 0.946 bits per heavy atom. The first-order valence-corrected chi connectivity index (χ1v) is 20.3. The first-order chi connectivity index (χ1) is 27.4. The molecule has 2 aromatic heterocycles. The van der Waals surface area contributed by atoms with Crippen molar-refractivity contribution in [3.63, 3.8) is 0 Å². The molecular formula is C53H37NOS. The highest BCUT2D eigenvalue weighted by molar-refractivity contribution is 7.25. The van der Waals surface area contributed by atoms with Crippen molar-refractivity contribution in [3.05, 3.63) is 198 Å². The quantitative estimate of drug-likeness (QED) is 0.179. The Bertz CT molecular complexity index is 3220. The first kappa shape index (κ1) is 31.9. The maximum absolute atomic E-state index is 7.09. The average Bonchev–Trinajstić information content (AvgIpc) is 3.94. The van der Waals surface area contributed by atoms with Crippen molar-refractivity contribution >= 4 is 70.5 Å². The van der Waals surface area contributed by atoms with Gasteiger partial charge < -0.3 is 9.32 Å². The first-order valence-electron chi connectivity index (χ1n) is 19.5. The van der Waals surface area contributed by atoms with E-state index in [9.17, 15) is 0 Å². The molecule has 0 saturated heterocycles. The molecule has 2 aliphatic carbocycles. The minimum absolute atomic E-state index is 0.115. The minimum atomic E-state index is -0.357. The number of para-hydroxylation sites is 1. The number of furan rings is 1. The van der Waals surface area contributed by atoms with E-state index >= 15 is 0 Å². The van der Waals surface area contributed by atoms with Crippen LogP contribution in [-0.2, 0) is 10.8 Å². The summed E-state index contributed by atoms with van der Waals surface area (Å²) in [6.45, 7) is 7.08. The summed E-state index contributed by atoms with van der Waals surface area (Å²) >= 11 is 1.86. The van der Waals surface area contributed by atoms with Crippen LogP contribution in [0.15, 0.2) is 174 Å². The lowest BCUT2D eigenvalue weighted by molar-refractivity contribution is 0.638. The van der Waals surface area contributed by atoms with E-state index in [0.717, 1.165) is 39.0 Å². The number of fused-ring (bicyclic) bond motifs is 12. The molecule has 2 aliphatic rings. The van der Waals surface area contributed by atoms with Crippen LogP contribution in [0.5, 0.6) is 0 Å². The van der Waals surface area contributed by atoms with Crippen molar-refractivity contribution in [2.24, 2.45) is 0 Å². The van der Waals surface area contributed by atoms with Crippen LogP contribution in [0.4, 0.5) is 17.1 Å². The predicted molar refractivity (Wildman–Crippen MR) is 236 cm³/mol. The topological polar surface area (TPSA) is 16.4 Å². The van der Waals surface area contributed by atoms with E-state index in [1.165, 1.54) is 70.2 Å². The lowest BCUT2D eigenvalue weighted by Gasteiger charge is -2.28. The monoisotopic (exact) mass is 735 g/mol. The fourth-order valence-electron chi connectivity index (χ4n) is 10.2. The van der Waals surface area contributed by atoms with Crippen LogP contribution >= 0.6 is 11.3 Å². The van der Waals surface area contributed by atoms with Crippen LogP contribution in [0.1, 0.15) is 48.6 Å². The normalized spacial score (nSPS) is 14.6. The Kier molecular flexibility index (Phi) is 6.44. The van der Waals surface area contributed by atoms with Gasteiger partial charge in [-0.25, -0.2) is 0 Å².